The minimum absolute atomic E-state index is 0.0116. The Labute approximate surface area is 108 Å². The Bertz CT molecular complexity index is 466. The van der Waals surface area contributed by atoms with Crippen LogP contribution < -0.4 is 5.32 Å². The molecule has 1 N–H and O–H groups in total. The Kier molecular flexibility index (Phi) is 4.13. The molecule has 1 heterocycles. The van der Waals surface area contributed by atoms with E-state index in [1.807, 2.05) is 18.2 Å². The molecular weight excluding hydrogens is 226 g/mol. The molecule has 0 unspecified atom stereocenters. The Morgan fingerprint density at radius 2 is 2.11 bits per heavy atom. The van der Waals surface area contributed by atoms with Crippen molar-refractivity contribution < 1.29 is 9.59 Å². The summed E-state index contributed by atoms with van der Waals surface area (Å²) in [5.74, 6) is 0.200. The summed E-state index contributed by atoms with van der Waals surface area (Å²) in [6.07, 6.45) is 5.46. The summed E-state index contributed by atoms with van der Waals surface area (Å²) in [6, 6.07) is 5.50. The molecule has 0 aromatic heterocycles. The van der Waals surface area contributed by atoms with Gasteiger partial charge in [-0.05, 0) is 30.2 Å². The van der Waals surface area contributed by atoms with Crippen LogP contribution in [-0.2, 0) is 11.2 Å². The highest BCUT2D eigenvalue weighted by molar-refractivity contribution is 6.02. The Hall–Kier alpha value is -1.64. The second-order valence-electron chi connectivity index (χ2n) is 4.83. The van der Waals surface area contributed by atoms with Gasteiger partial charge in [-0.1, -0.05) is 26.2 Å². The number of hydrogen-bond donors (Lipinski definition) is 1. The van der Waals surface area contributed by atoms with Gasteiger partial charge in [0.15, 0.2) is 5.78 Å². The summed E-state index contributed by atoms with van der Waals surface area (Å²) in [6.45, 7) is 2.16. The van der Waals surface area contributed by atoms with Gasteiger partial charge in [0.25, 0.3) is 0 Å². The second-order valence-corrected chi connectivity index (χ2v) is 4.83. The van der Waals surface area contributed by atoms with Crippen LogP contribution in [0, 0.1) is 0 Å². The molecule has 0 atom stereocenters. The van der Waals surface area contributed by atoms with Crippen molar-refractivity contribution in [3.05, 3.63) is 29.3 Å². The number of benzene rings is 1. The number of ketones is 1. The third-order valence-corrected chi connectivity index (χ3v) is 3.31. The van der Waals surface area contributed by atoms with Crippen LogP contribution >= 0.6 is 0 Å². The molecule has 0 radical (unpaired) electrons. The van der Waals surface area contributed by atoms with Crippen molar-refractivity contribution in [1.82, 2.24) is 0 Å². The zero-order chi connectivity index (χ0) is 13.0. The molecule has 96 valence electrons. The van der Waals surface area contributed by atoms with Gasteiger partial charge in [0, 0.05) is 17.7 Å². The van der Waals surface area contributed by atoms with Gasteiger partial charge in [-0.15, -0.1) is 0 Å². The quantitative estimate of drug-likeness (QED) is 0.617. The van der Waals surface area contributed by atoms with E-state index in [-0.39, 0.29) is 11.7 Å². The number of anilines is 1. The predicted octanol–water partition coefficient (Wildman–Crippen LogP) is 3.33. The standard InChI is InChI=1S/C15H19NO2/c1-2-3-4-5-6-14(17)11-7-8-13-12(9-11)10-15(18)16-13/h7-9H,2-6,10H2,1H3,(H,16,18). The number of carbonyl (C=O) groups excluding carboxylic acids is 2. The molecule has 0 aliphatic carbocycles. The summed E-state index contributed by atoms with van der Waals surface area (Å²) in [5.41, 5.74) is 2.53. The molecule has 3 heteroatoms. The van der Waals surface area contributed by atoms with E-state index in [2.05, 4.69) is 12.2 Å². The van der Waals surface area contributed by atoms with E-state index in [1.54, 1.807) is 0 Å². The van der Waals surface area contributed by atoms with Crippen LogP contribution in [0.3, 0.4) is 0 Å². The molecule has 3 nitrogen and oxygen atoms in total. The van der Waals surface area contributed by atoms with E-state index in [4.69, 9.17) is 0 Å². The molecule has 1 aromatic carbocycles. The molecule has 0 saturated carbocycles. The van der Waals surface area contributed by atoms with E-state index in [0.717, 1.165) is 29.7 Å². The Morgan fingerprint density at radius 1 is 1.28 bits per heavy atom. The van der Waals surface area contributed by atoms with Gasteiger partial charge in [0.1, 0.15) is 0 Å². The molecule has 1 amide bonds. The molecule has 18 heavy (non-hydrogen) atoms. The lowest BCUT2D eigenvalue weighted by Gasteiger charge is -2.03. The van der Waals surface area contributed by atoms with Crippen molar-refractivity contribution in [3.8, 4) is 0 Å². The van der Waals surface area contributed by atoms with Crippen LogP contribution in [0.4, 0.5) is 5.69 Å². The first-order chi connectivity index (χ1) is 8.70. The third-order valence-electron chi connectivity index (χ3n) is 3.31. The van der Waals surface area contributed by atoms with E-state index in [9.17, 15) is 9.59 Å². The monoisotopic (exact) mass is 245 g/mol. The van der Waals surface area contributed by atoms with E-state index in [1.165, 1.54) is 12.8 Å². The van der Waals surface area contributed by atoms with Crippen molar-refractivity contribution in [3.63, 3.8) is 0 Å². The summed E-state index contributed by atoms with van der Waals surface area (Å²) in [4.78, 5) is 23.2. The van der Waals surface area contributed by atoms with E-state index < -0.39 is 0 Å². The zero-order valence-corrected chi connectivity index (χ0v) is 10.8. The van der Waals surface area contributed by atoms with Gasteiger partial charge in [-0.25, -0.2) is 0 Å². The molecule has 0 fully saturated rings. The molecule has 1 aromatic rings. The van der Waals surface area contributed by atoms with Crippen molar-refractivity contribution in [2.45, 2.75) is 45.4 Å². The highest BCUT2D eigenvalue weighted by atomic mass is 16.1. The molecule has 1 aliphatic rings. The van der Waals surface area contributed by atoms with Crippen LogP contribution in [0.15, 0.2) is 18.2 Å². The first-order valence-corrected chi connectivity index (χ1v) is 6.66. The number of Topliss-reactive ketones (excluding diaryl/α,β-unsaturated/α-hetero) is 1. The maximum atomic E-state index is 12.0. The van der Waals surface area contributed by atoms with Crippen molar-refractivity contribution in [2.75, 3.05) is 5.32 Å². The Balaban J connectivity index is 1.95. The molecule has 0 spiro atoms. The lowest BCUT2D eigenvalue weighted by Crippen LogP contribution is -2.03. The van der Waals surface area contributed by atoms with Gasteiger partial charge in [0.2, 0.25) is 5.91 Å². The fourth-order valence-corrected chi connectivity index (χ4v) is 2.26. The fraction of sp³-hybridized carbons (Fsp3) is 0.467. The fourth-order valence-electron chi connectivity index (χ4n) is 2.26. The van der Waals surface area contributed by atoms with Crippen molar-refractivity contribution in [1.29, 1.82) is 0 Å². The van der Waals surface area contributed by atoms with Gasteiger partial charge < -0.3 is 5.32 Å². The van der Waals surface area contributed by atoms with Gasteiger partial charge in [-0.2, -0.15) is 0 Å². The number of hydrogen-bond acceptors (Lipinski definition) is 2. The minimum atomic E-state index is 0.0116. The highest BCUT2D eigenvalue weighted by Crippen LogP contribution is 2.24. The zero-order valence-electron chi connectivity index (χ0n) is 10.8. The largest absolute Gasteiger partial charge is 0.326 e. The second kappa shape index (κ2) is 5.80. The summed E-state index contributed by atoms with van der Waals surface area (Å²) >= 11 is 0. The number of nitrogens with one attached hydrogen (secondary N) is 1. The highest BCUT2D eigenvalue weighted by Gasteiger charge is 2.18. The van der Waals surface area contributed by atoms with Crippen LogP contribution in [-0.4, -0.2) is 11.7 Å². The lowest BCUT2D eigenvalue weighted by molar-refractivity contribution is -0.115. The average Bonchev–Trinajstić information content (AvgIpc) is 2.73. The van der Waals surface area contributed by atoms with Gasteiger partial charge in [0.05, 0.1) is 6.42 Å². The molecular formula is C15H19NO2. The van der Waals surface area contributed by atoms with Crippen LogP contribution in [0.2, 0.25) is 0 Å². The number of fused-ring (bicyclic) bond motifs is 1. The SMILES string of the molecule is CCCCCCC(=O)c1ccc2c(c1)CC(=O)N2. The first kappa shape index (κ1) is 12.8. The predicted molar refractivity (Wildman–Crippen MR) is 71.9 cm³/mol. The first-order valence-electron chi connectivity index (χ1n) is 6.66. The maximum absolute atomic E-state index is 12.0. The lowest BCUT2D eigenvalue weighted by atomic mass is 10.0. The minimum Gasteiger partial charge on any atom is -0.326 e. The van der Waals surface area contributed by atoms with Crippen molar-refractivity contribution in [2.24, 2.45) is 0 Å². The maximum Gasteiger partial charge on any atom is 0.228 e. The number of unbranched alkanes of at least 4 members (excludes halogenated alkanes) is 3. The van der Waals surface area contributed by atoms with Crippen molar-refractivity contribution >= 4 is 17.4 Å². The molecule has 0 bridgehead atoms. The smallest absolute Gasteiger partial charge is 0.228 e. The van der Waals surface area contributed by atoms with Gasteiger partial charge >= 0.3 is 0 Å². The van der Waals surface area contributed by atoms with Crippen LogP contribution in [0.25, 0.3) is 0 Å². The van der Waals surface area contributed by atoms with E-state index in [0.29, 0.717) is 12.8 Å². The summed E-state index contributed by atoms with van der Waals surface area (Å²) in [5, 5.41) is 2.77. The summed E-state index contributed by atoms with van der Waals surface area (Å²) in [7, 11) is 0. The number of rotatable bonds is 6. The number of carbonyl (C=O) groups is 2. The van der Waals surface area contributed by atoms with Crippen LogP contribution in [0.1, 0.15) is 54.9 Å². The molecule has 0 saturated heterocycles. The normalized spacial score (nSPS) is 13.3. The topological polar surface area (TPSA) is 46.2 Å². The third kappa shape index (κ3) is 2.97. The van der Waals surface area contributed by atoms with E-state index >= 15 is 0 Å². The summed E-state index contributed by atoms with van der Waals surface area (Å²) < 4.78 is 0. The average molecular weight is 245 g/mol. The molecule has 1 aliphatic heterocycles. The number of amides is 1. The van der Waals surface area contributed by atoms with Gasteiger partial charge in [-0.3, -0.25) is 9.59 Å². The van der Waals surface area contributed by atoms with Crippen LogP contribution in [0.5, 0.6) is 0 Å². The molecule has 2 rings (SSSR count). The Morgan fingerprint density at radius 3 is 2.89 bits per heavy atom.